The Kier molecular flexibility index (Phi) is 6.20. The minimum Gasteiger partial charge on any atom is -0.355 e. The van der Waals surface area contributed by atoms with E-state index in [1.54, 1.807) is 31.2 Å². The van der Waals surface area contributed by atoms with Crippen LogP contribution in [-0.4, -0.2) is 47.8 Å². The Morgan fingerprint density at radius 3 is 2.37 bits per heavy atom. The van der Waals surface area contributed by atoms with Gasteiger partial charge in [0.1, 0.15) is 12.1 Å². The maximum absolute atomic E-state index is 12.6. The van der Waals surface area contributed by atoms with E-state index in [1.165, 1.54) is 7.05 Å². The van der Waals surface area contributed by atoms with Crippen molar-refractivity contribution in [3.8, 4) is 0 Å². The molecule has 0 radical (unpaired) electrons. The highest BCUT2D eigenvalue weighted by Gasteiger charge is 2.47. The molecule has 1 aromatic carbocycles. The molecule has 0 aromatic heterocycles. The van der Waals surface area contributed by atoms with Gasteiger partial charge in [-0.1, -0.05) is 13.8 Å². The summed E-state index contributed by atoms with van der Waals surface area (Å²) in [5.74, 6) is -0.702. The highest BCUT2D eigenvalue weighted by atomic mass is 16.2. The van der Waals surface area contributed by atoms with Gasteiger partial charge in [-0.3, -0.25) is 19.3 Å². The van der Waals surface area contributed by atoms with Crippen molar-refractivity contribution in [1.29, 1.82) is 0 Å². The number of amides is 5. The second-order valence-corrected chi connectivity index (χ2v) is 7.29. The fraction of sp³-hybridized carbons (Fsp3) is 0.474. The summed E-state index contributed by atoms with van der Waals surface area (Å²) < 4.78 is 0. The normalized spacial score (nSPS) is 19.2. The Bertz CT molecular complexity index is 745. The first-order valence-corrected chi connectivity index (χ1v) is 8.92. The predicted octanol–water partition coefficient (Wildman–Crippen LogP) is 1.73. The summed E-state index contributed by atoms with van der Waals surface area (Å²) in [7, 11) is 1.53. The van der Waals surface area contributed by atoms with Gasteiger partial charge in [-0.15, -0.1) is 0 Å². The van der Waals surface area contributed by atoms with Gasteiger partial charge in [-0.25, -0.2) is 4.79 Å². The van der Waals surface area contributed by atoms with Crippen LogP contribution in [0.4, 0.5) is 10.5 Å². The maximum Gasteiger partial charge on any atom is 0.325 e. The standard InChI is InChI=1S/C19H26N4O4/c1-12(2)9-10-19(3)17(26)23(18(27)22-19)11-15(24)21-14-7-5-13(6-8-14)16(25)20-4/h5-8,12H,9-11H2,1-4H3,(H,20,25)(H,21,24)(H,22,27). The Morgan fingerprint density at radius 1 is 1.19 bits per heavy atom. The first kappa shape index (κ1) is 20.4. The van der Waals surface area contributed by atoms with Gasteiger partial charge in [0, 0.05) is 18.3 Å². The van der Waals surface area contributed by atoms with Gasteiger partial charge in [0.25, 0.3) is 11.8 Å². The molecule has 146 valence electrons. The average molecular weight is 374 g/mol. The Balaban J connectivity index is 1.98. The lowest BCUT2D eigenvalue weighted by Gasteiger charge is -2.22. The van der Waals surface area contributed by atoms with Crippen LogP contribution in [0.5, 0.6) is 0 Å². The van der Waals surface area contributed by atoms with Crippen molar-refractivity contribution in [3.05, 3.63) is 29.8 Å². The summed E-state index contributed by atoms with van der Waals surface area (Å²) in [4.78, 5) is 49.5. The van der Waals surface area contributed by atoms with E-state index in [0.717, 1.165) is 11.3 Å². The molecule has 1 heterocycles. The van der Waals surface area contributed by atoms with E-state index in [0.29, 0.717) is 23.6 Å². The number of hydrogen-bond acceptors (Lipinski definition) is 4. The van der Waals surface area contributed by atoms with E-state index in [4.69, 9.17) is 0 Å². The van der Waals surface area contributed by atoms with Crippen LogP contribution in [0, 0.1) is 5.92 Å². The van der Waals surface area contributed by atoms with Crippen molar-refractivity contribution in [2.24, 2.45) is 5.92 Å². The Morgan fingerprint density at radius 2 is 1.81 bits per heavy atom. The highest BCUT2D eigenvalue weighted by molar-refractivity contribution is 6.10. The molecule has 1 aliphatic rings. The summed E-state index contributed by atoms with van der Waals surface area (Å²) >= 11 is 0. The Labute approximate surface area is 158 Å². The summed E-state index contributed by atoms with van der Waals surface area (Å²) in [5, 5.41) is 7.83. The van der Waals surface area contributed by atoms with Gasteiger partial charge in [0.05, 0.1) is 0 Å². The van der Waals surface area contributed by atoms with Crippen molar-refractivity contribution in [3.63, 3.8) is 0 Å². The van der Waals surface area contributed by atoms with Gasteiger partial charge in [-0.2, -0.15) is 0 Å². The van der Waals surface area contributed by atoms with Crippen molar-refractivity contribution in [1.82, 2.24) is 15.5 Å². The van der Waals surface area contributed by atoms with Crippen LogP contribution in [0.1, 0.15) is 44.0 Å². The zero-order valence-corrected chi connectivity index (χ0v) is 16.1. The highest BCUT2D eigenvalue weighted by Crippen LogP contribution is 2.24. The van der Waals surface area contributed by atoms with Crippen LogP contribution >= 0.6 is 0 Å². The molecule has 0 aliphatic carbocycles. The summed E-state index contributed by atoms with van der Waals surface area (Å²) in [6.45, 7) is 5.42. The van der Waals surface area contributed by atoms with E-state index < -0.39 is 23.4 Å². The van der Waals surface area contributed by atoms with Crippen LogP contribution in [-0.2, 0) is 9.59 Å². The number of nitrogens with one attached hydrogen (secondary N) is 3. The van der Waals surface area contributed by atoms with Gasteiger partial charge >= 0.3 is 6.03 Å². The monoisotopic (exact) mass is 374 g/mol. The number of carbonyl (C=O) groups is 4. The van der Waals surface area contributed by atoms with Crippen LogP contribution < -0.4 is 16.0 Å². The molecule has 0 spiro atoms. The topological polar surface area (TPSA) is 108 Å². The lowest BCUT2D eigenvalue weighted by atomic mass is 9.92. The zero-order chi connectivity index (χ0) is 20.2. The summed E-state index contributed by atoms with van der Waals surface area (Å²) in [5.41, 5.74) is -0.0376. The lowest BCUT2D eigenvalue weighted by molar-refractivity contribution is -0.133. The SMILES string of the molecule is CNC(=O)c1ccc(NC(=O)CN2C(=O)NC(C)(CCC(C)C)C2=O)cc1. The molecule has 5 amide bonds. The number of carbonyl (C=O) groups excluding carboxylic acids is 4. The molecular weight excluding hydrogens is 348 g/mol. The molecule has 1 saturated heterocycles. The molecule has 27 heavy (non-hydrogen) atoms. The summed E-state index contributed by atoms with van der Waals surface area (Å²) in [6, 6.07) is 5.76. The number of imide groups is 1. The van der Waals surface area contributed by atoms with Crippen LogP contribution in [0.2, 0.25) is 0 Å². The molecule has 8 nitrogen and oxygen atoms in total. The van der Waals surface area contributed by atoms with Crippen molar-refractivity contribution in [2.75, 3.05) is 18.9 Å². The van der Waals surface area contributed by atoms with Crippen LogP contribution in [0.3, 0.4) is 0 Å². The maximum atomic E-state index is 12.6. The van der Waals surface area contributed by atoms with Gasteiger partial charge in [0.2, 0.25) is 5.91 Å². The Hall–Kier alpha value is -2.90. The third kappa shape index (κ3) is 4.84. The van der Waals surface area contributed by atoms with Crippen molar-refractivity contribution < 1.29 is 19.2 Å². The minimum atomic E-state index is -0.975. The largest absolute Gasteiger partial charge is 0.355 e. The van der Waals surface area contributed by atoms with E-state index >= 15 is 0 Å². The molecule has 0 saturated carbocycles. The fourth-order valence-electron chi connectivity index (χ4n) is 2.83. The number of nitrogens with zero attached hydrogens (tertiary/aromatic N) is 1. The van der Waals surface area contributed by atoms with Crippen molar-refractivity contribution in [2.45, 2.75) is 39.2 Å². The quantitative estimate of drug-likeness (QED) is 0.632. The first-order chi connectivity index (χ1) is 12.7. The van der Waals surface area contributed by atoms with Gasteiger partial charge in [0.15, 0.2) is 0 Å². The number of urea groups is 1. The molecular formula is C19H26N4O4. The molecule has 1 unspecified atom stereocenters. The van der Waals surface area contributed by atoms with Crippen molar-refractivity contribution >= 4 is 29.4 Å². The fourth-order valence-corrected chi connectivity index (χ4v) is 2.83. The smallest absolute Gasteiger partial charge is 0.325 e. The van der Waals surface area contributed by atoms with E-state index in [2.05, 4.69) is 16.0 Å². The number of benzene rings is 1. The molecule has 3 N–H and O–H groups in total. The first-order valence-electron chi connectivity index (χ1n) is 8.92. The second-order valence-electron chi connectivity index (χ2n) is 7.29. The van der Waals surface area contributed by atoms with Crippen LogP contribution in [0.15, 0.2) is 24.3 Å². The minimum absolute atomic E-state index is 0.229. The molecule has 1 atom stereocenters. The van der Waals surface area contributed by atoms with E-state index in [9.17, 15) is 19.2 Å². The third-order valence-electron chi connectivity index (χ3n) is 4.53. The molecule has 1 fully saturated rings. The molecule has 2 rings (SSSR count). The van der Waals surface area contributed by atoms with Gasteiger partial charge < -0.3 is 16.0 Å². The number of anilines is 1. The zero-order valence-electron chi connectivity index (χ0n) is 16.1. The third-order valence-corrected chi connectivity index (χ3v) is 4.53. The predicted molar refractivity (Wildman–Crippen MR) is 101 cm³/mol. The molecule has 8 heteroatoms. The molecule has 0 bridgehead atoms. The van der Waals surface area contributed by atoms with Crippen LogP contribution in [0.25, 0.3) is 0 Å². The lowest BCUT2D eigenvalue weighted by Crippen LogP contribution is -2.44. The van der Waals surface area contributed by atoms with E-state index in [-0.39, 0.29) is 12.5 Å². The number of rotatable bonds is 7. The summed E-state index contributed by atoms with van der Waals surface area (Å²) in [6.07, 6.45) is 1.31. The van der Waals surface area contributed by atoms with Gasteiger partial charge in [-0.05, 0) is 49.9 Å². The molecule has 1 aromatic rings. The van der Waals surface area contributed by atoms with E-state index in [1.807, 2.05) is 13.8 Å². The number of hydrogen-bond donors (Lipinski definition) is 3. The molecule has 1 aliphatic heterocycles. The average Bonchev–Trinajstić information content (AvgIpc) is 2.83. The second kappa shape index (κ2) is 8.20.